The van der Waals surface area contributed by atoms with Crippen LogP contribution in [-0.4, -0.2) is 65.6 Å². The fourth-order valence-electron chi connectivity index (χ4n) is 2.98. The van der Waals surface area contributed by atoms with Crippen LogP contribution in [0.4, 0.5) is 4.79 Å². The topological polar surface area (TPSA) is 65.5 Å². The summed E-state index contributed by atoms with van der Waals surface area (Å²) in [7, 11) is 3.32. The zero-order chi connectivity index (χ0) is 19.0. The highest BCUT2D eigenvalue weighted by Gasteiger charge is 2.51. The molecule has 3 amide bonds. The van der Waals surface area contributed by atoms with Crippen LogP contribution in [0.25, 0.3) is 0 Å². The Kier molecular flexibility index (Phi) is 5.11. The Balaban J connectivity index is 1.86. The fraction of sp³-hybridized carbons (Fsp3) is 0.353. The van der Waals surface area contributed by atoms with Crippen molar-refractivity contribution in [1.82, 2.24) is 14.7 Å². The SMILES string of the molecule is C=CCOC1=NC2C(C(=O)N(Cc3ccc(Cl)cc3Cl)C(=O)N2C)N1C. The zero-order valence-corrected chi connectivity index (χ0v) is 15.9. The van der Waals surface area contributed by atoms with Crippen molar-refractivity contribution in [3.05, 3.63) is 46.5 Å². The molecule has 0 radical (unpaired) electrons. The van der Waals surface area contributed by atoms with Gasteiger partial charge in [-0.25, -0.2) is 9.79 Å². The second kappa shape index (κ2) is 7.17. The number of ether oxygens (including phenoxy) is 1. The fourth-order valence-corrected chi connectivity index (χ4v) is 3.45. The number of urea groups is 1. The predicted octanol–water partition coefficient (Wildman–Crippen LogP) is 2.59. The molecule has 2 aliphatic heterocycles. The number of fused-ring (bicyclic) bond motifs is 1. The highest BCUT2D eigenvalue weighted by Crippen LogP contribution is 2.29. The summed E-state index contributed by atoms with van der Waals surface area (Å²) in [5, 5.41) is 0.883. The van der Waals surface area contributed by atoms with Gasteiger partial charge < -0.3 is 14.5 Å². The minimum atomic E-state index is -0.649. The van der Waals surface area contributed by atoms with Gasteiger partial charge in [0.2, 0.25) is 0 Å². The van der Waals surface area contributed by atoms with E-state index in [1.807, 2.05) is 0 Å². The lowest BCUT2D eigenvalue weighted by atomic mass is 10.1. The number of rotatable bonds is 4. The third-order valence-electron chi connectivity index (χ3n) is 4.37. The summed E-state index contributed by atoms with van der Waals surface area (Å²) in [5.74, 6) is -0.354. The second-order valence-electron chi connectivity index (χ2n) is 6.03. The number of hydrogen-bond donors (Lipinski definition) is 0. The van der Waals surface area contributed by atoms with Crippen molar-refractivity contribution in [2.45, 2.75) is 18.8 Å². The van der Waals surface area contributed by atoms with Crippen LogP contribution < -0.4 is 0 Å². The maximum absolute atomic E-state index is 13.0. The normalized spacial score (nSPS) is 22.5. The van der Waals surface area contributed by atoms with E-state index in [4.69, 9.17) is 27.9 Å². The van der Waals surface area contributed by atoms with E-state index >= 15 is 0 Å². The molecule has 0 aromatic heterocycles. The molecule has 0 saturated carbocycles. The molecule has 9 heteroatoms. The monoisotopic (exact) mass is 396 g/mol. The van der Waals surface area contributed by atoms with E-state index in [1.54, 1.807) is 43.3 Å². The molecule has 3 rings (SSSR count). The number of hydrogen-bond acceptors (Lipinski definition) is 5. The van der Waals surface area contributed by atoms with Gasteiger partial charge >= 0.3 is 6.03 Å². The van der Waals surface area contributed by atoms with Crippen molar-refractivity contribution in [2.24, 2.45) is 4.99 Å². The maximum Gasteiger partial charge on any atom is 0.328 e. The summed E-state index contributed by atoms with van der Waals surface area (Å²) in [5.41, 5.74) is 0.634. The van der Waals surface area contributed by atoms with Gasteiger partial charge in [0.05, 0.1) is 6.54 Å². The van der Waals surface area contributed by atoms with Gasteiger partial charge in [-0.2, -0.15) is 0 Å². The number of aliphatic imine (C=N–C) groups is 1. The number of likely N-dealkylation sites (N-methyl/N-ethyl adjacent to an activating group) is 2. The second-order valence-corrected chi connectivity index (χ2v) is 6.88. The minimum Gasteiger partial charge on any atom is -0.461 e. The van der Waals surface area contributed by atoms with Crippen molar-refractivity contribution in [3.63, 3.8) is 0 Å². The summed E-state index contributed by atoms with van der Waals surface area (Å²) < 4.78 is 5.49. The zero-order valence-electron chi connectivity index (χ0n) is 14.4. The van der Waals surface area contributed by atoms with E-state index in [1.165, 1.54) is 9.80 Å². The smallest absolute Gasteiger partial charge is 0.328 e. The van der Waals surface area contributed by atoms with Crippen molar-refractivity contribution >= 4 is 41.2 Å². The molecule has 138 valence electrons. The molecule has 1 fully saturated rings. The molecule has 1 aromatic carbocycles. The molecule has 2 aliphatic rings. The number of carbonyl (C=O) groups is 2. The molecule has 26 heavy (non-hydrogen) atoms. The molecule has 0 bridgehead atoms. The first-order valence-corrected chi connectivity index (χ1v) is 8.67. The summed E-state index contributed by atoms with van der Waals surface area (Å²) in [6.45, 7) is 3.91. The summed E-state index contributed by atoms with van der Waals surface area (Å²) in [6, 6.07) is 4.16. The van der Waals surface area contributed by atoms with E-state index in [0.29, 0.717) is 21.6 Å². The van der Waals surface area contributed by atoms with Crippen molar-refractivity contribution < 1.29 is 14.3 Å². The minimum absolute atomic E-state index is 0.0535. The summed E-state index contributed by atoms with van der Waals surface area (Å²) >= 11 is 12.1. The Morgan fingerprint density at radius 2 is 2.00 bits per heavy atom. The van der Waals surface area contributed by atoms with Gasteiger partial charge in [0.25, 0.3) is 11.9 Å². The number of halogens is 2. The van der Waals surface area contributed by atoms with E-state index in [9.17, 15) is 9.59 Å². The molecule has 0 spiro atoms. The van der Waals surface area contributed by atoms with Gasteiger partial charge in [0, 0.05) is 24.1 Å². The molecular weight excluding hydrogens is 379 g/mol. The third kappa shape index (κ3) is 3.12. The van der Waals surface area contributed by atoms with Crippen LogP contribution in [0.15, 0.2) is 35.8 Å². The van der Waals surface area contributed by atoms with Gasteiger partial charge in [0.1, 0.15) is 6.61 Å². The van der Waals surface area contributed by atoms with Crippen LogP contribution >= 0.6 is 23.2 Å². The van der Waals surface area contributed by atoms with Gasteiger partial charge in [-0.15, -0.1) is 0 Å². The quantitative estimate of drug-likeness (QED) is 0.733. The molecular formula is C17H18Cl2N4O3. The molecule has 7 nitrogen and oxygen atoms in total. The Labute approximate surface area is 161 Å². The lowest BCUT2D eigenvalue weighted by Gasteiger charge is -2.40. The number of nitrogens with zero attached hydrogens (tertiary/aromatic N) is 4. The Hall–Kier alpha value is -2.25. The number of amides is 3. The highest BCUT2D eigenvalue weighted by molar-refractivity contribution is 6.35. The van der Waals surface area contributed by atoms with Crippen molar-refractivity contribution in [1.29, 1.82) is 0 Å². The van der Waals surface area contributed by atoms with Crippen LogP contribution in [0, 0.1) is 0 Å². The number of carbonyl (C=O) groups excluding carboxylic acids is 2. The number of benzene rings is 1. The summed E-state index contributed by atoms with van der Waals surface area (Å²) in [6.07, 6.45) is 0.959. The van der Waals surface area contributed by atoms with Crippen LogP contribution in [-0.2, 0) is 16.1 Å². The first-order valence-electron chi connectivity index (χ1n) is 7.91. The van der Waals surface area contributed by atoms with Gasteiger partial charge in [-0.1, -0.05) is 41.9 Å². The predicted molar refractivity (Wildman–Crippen MR) is 99.1 cm³/mol. The Morgan fingerprint density at radius 3 is 2.65 bits per heavy atom. The highest BCUT2D eigenvalue weighted by atomic mass is 35.5. The lowest BCUT2D eigenvalue weighted by Crippen LogP contribution is -2.64. The first-order chi connectivity index (χ1) is 12.3. The maximum atomic E-state index is 13.0. The molecule has 1 aromatic rings. The molecule has 2 unspecified atom stereocenters. The van der Waals surface area contributed by atoms with Crippen LogP contribution in [0.3, 0.4) is 0 Å². The first kappa shape index (κ1) is 18.5. The van der Waals surface area contributed by atoms with E-state index in [-0.39, 0.29) is 19.1 Å². The van der Waals surface area contributed by atoms with Crippen molar-refractivity contribution in [3.8, 4) is 0 Å². The van der Waals surface area contributed by atoms with Gasteiger partial charge in [-0.3, -0.25) is 9.69 Å². The lowest BCUT2D eigenvalue weighted by molar-refractivity contribution is -0.137. The van der Waals surface area contributed by atoms with Crippen LogP contribution in [0.5, 0.6) is 0 Å². The van der Waals surface area contributed by atoms with Gasteiger partial charge in [-0.05, 0) is 17.7 Å². The molecule has 0 N–H and O–H groups in total. The molecule has 2 heterocycles. The molecule has 1 saturated heterocycles. The van der Waals surface area contributed by atoms with E-state index in [2.05, 4.69) is 11.6 Å². The number of amidine groups is 1. The molecule has 2 atom stereocenters. The molecule has 0 aliphatic carbocycles. The average Bonchev–Trinajstić information content (AvgIpc) is 2.93. The van der Waals surface area contributed by atoms with Crippen LogP contribution in [0.1, 0.15) is 5.56 Å². The van der Waals surface area contributed by atoms with Crippen molar-refractivity contribution in [2.75, 3.05) is 20.7 Å². The summed E-state index contributed by atoms with van der Waals surface area (Å²) in [4.78, 5) is 34.3. The van der Waals surface area contributed by atoms with Crippen LogP contribution in [0.2, 0.25) is 10.0 Å². The Bertz CT molecular complexity index is 798. The number of imide groups is 1. The van der Waals surface area contributed by atoms with E-state index < -0.39 is 18.2 Å². The standard InChI is InChI=1S/C17H18Cl2N4O3/c1-4-7-26-16-20-14-13(21(16)2)15(24)23(17(25)22(14)3)9-10-5-6-11(18)8-12(10)19/h4-6,8,13-14H,1,7,9H2,2-3H3. The average molecular weight is 397 g/mol. The largest absolute Gasteiger partial charge is 0.461 e. The Morgan fingerprint density at radius 1 is 1.27 bits per heavy atom. The van der Waals surface area contributed by atoms with E-state index in [0.717, 1.165) is 0 Å². The third-order valence-corrected chi connectivity index (χ3v) is 4.95. The van der Waals surface area contributed by atoms with Gasteiger partial charge in [0.15, 0.2) is 12.2 Å².